The first-order valence-electron chi connectivity index (χ1n) is 5.32. The normalized spacial score (nSPS) is 11.3. The molecule has 2 aromatic heterocycles. The number of H-pyrrole nitrogens is 1. The largest absolute Gasteiger partial charge is 0.384 e. The van der Waals surface area contributed by atoms with Crippen LogP contribution in [0.1, 0.15) is 12.5 Å². The van der Waals surface area contributed by atoms with Gasteiger partial charge in [-0.25, -0.2) is 4.98 Å². The van der Waals surface area contributed by atoms with E-state index in [4.69, 9.17) is 5.73 Å². The van der Waals surface area contributed by atoms with Crippen LogP contribution in [0, 0.1) is 0 Å². The number of fused-ring (bicyclic) bond motifs is 2. The Hall–Kier alpha value is -2.10. The minimum atomic E-state index is 0.575. The van der Waals surface area contributed by atoms with Gasteiger partial charge in [-0.3, -0.25) is 5.10 Å². The lowest BCUT2D eigenvalue weighted by atomic mass is 10.1. The standard InChI is InChI=1S/C12H12N4/c1-2-7-4-3-5-8-6-9-11(13)15-16-12(9)14-10(7)8/h3-6H,2H2,1H3,(H3,13,14,15,16). The van der Waals surface area contributed by atoms with Gasteiger partial charge in [0.15, 0.2) is 5.65 Å². The highest BCUT2D eigenvalue weighted by molar-refractivity contribution is 5.97. The van der Waals surface area contributed by atoms with Crippen LogP contribution in [-0.4, -0.2) is 15.2 Å². The second-order valence-electron chi connectivity index (χ2n) is 3.84. The fraction of sp³-hybridized carbons (Fsp3) is 0.167. The van der Waals surface area contributed by atoms with Crippen LogP contribution < -0.4 is 5.73 Å². The summed E-state index contributed by atoms with van der Waals surface area (Å²) in [5.74, 6) is 0.575. The maximum absolute atomic E-state index is 5.78. The van der Waals surface area contributed by atoms with Crippen LogP contribution in [0.25, 0.3) is 21.9 Å². The van der Waals surface area contributed by atoms with Crippen molar-refractivity contribution in [2.75, 3.05) is 5.73 Å². The van der Waals surface area contributed by atoms with Crippen molar-refractivity contribution >= 4 is 27.8 Å². The molecule has 4 heteroatoms. The number of hydrogen-bond donors (Lipinski definition) is 2. The molecule has 0 saturated carbocycles. The quantitative estimate of drug-likeness (QED) is 0.650. The van der Waals surface area contributed by atoms with Gasteiger partial charge in [0.25, 0.3) is 0 Å². The molecule has 0 aliphatic carbocycles. The first-order valence-corrected chi connectivity index (χ1v) is 5.32. The Morgan fingerprint density at radius 2 is 2.25 bits per heavy atom. The van der Waals surface area contributed by atoms with E-state index in [1.54, 1.807) is 0 Å². The number of nitrogens with one attached hydrogen (secondary N) is 1. The molecule has 3 N–H and O–H groups in total. The van der Waals surface area contributed by atoms with Gasteiger partial charge in [0.05, 0.1) is 10.9 Å². The third kappa shape index (κ3) is 1.16. The van der Waals surface area contributed by atoms with Gasteiger partial charge in [-0.15, -0.1) is 0 Å². The molecule has 0 atom stereocenters. The smallest absolute Gasteiger partial charge is 0.183 e. The lowest BCUT2D eigenvalue weighted by molar-refractivity contribution is 1.10. The number of anilines is 1. The topological polar surface area (TPSA) is 67.6 Å². The number of benzene rings is 1. The third-order valence-electron chi connectivity index (χ3n) is 2.86. The van der Waals surface area contributed by atoms with Crippen molar-refractivity contribution in [3.63, 3.8) is 0 Å². The average molecular weight is 212 g/mol. The molecule has 0 radical (unpaired) electrons. The Morgan fingerprint density at radius 3 is 3.06 bits per heavy atom. The minimum Gasteiger partial charge on any atom is -0.384 e. The van der Waals surface area contributed by atoms with Gasteiger partial charge in [-0.05, 0) is 18.1 Å². The highest BCUT2D eigenvalue weighted by atomic mass is 15.2. The molecule has 2 heterocycles. The molecular weight excluding hydrogens is 200 g/mol. The Labute approximate surface area is 92.5 Å². The number of nitrogens with two attached hydrogens (primary N) is 1. The van der Waals surface area contributed by atoms with Crippen LogP contribution in [0.3, 0.4) is 0 Å². The van der Waals surface area contributed by atoms with Crippen LogP contribution in [0.2, 0.25) is 0 Å². The molecule has 80 valence electrons. The predicted octanol–water partition coefficient (Wildman–Crippen LogP) is 2.26. The highest BCUT2D eigenvalue weighted by Gasteiger charge is 2.07. The Kier molecular flexibility index (Phi) is 1.83. The van der Waals surface area contributed by atoms with Gasteiger partial charge in [0.2, 0.25) is 0 Å². The van der Waals surface area contributed by atoms with Crippen LogP contribution in [-0.2, 0) is 6.42 Å². The summed E-state index contributed by atoms with van der Waals surface area (Å²) in [7, 11) is 0. The zero-order valence-corrected chi connectivity index (χ0v) is 8.99. The van der Waals surface area contributed by atoms with Crippen molar-refractivity contribution in [3.05, 3.63) is 29.8 Å². The van der Waals surface area contributed by atoms with Crippen LogP contribution in [0.4, 0.5) is 5.82 Å². The summed E-state index contributed by atoms with van der Waals surface area (Å²) in [5.41, 5.74) is 8.72. The molecule has 3 aromatic rings. The van der Waals surface area contributed by atoms with Gasteiger partial charge < -0.3 is 5.73 Å². The van der Waals surface area contributed by atoms with Crippen molar-refractivity contribution < 1.29 is 0 Å². The van der Waals surface area contributed by atoms with E-state index < -0.39 is 0 Å². The molecule has 0 aliphatic rings. The van der Waals surface area contributed by atoms with E-state index in [0.717, 1.165) is 22.7 Å². The van der Waals surface area contributed by atoms with Crippen molar-refractivity contribution in [2.45, 2.75) is 13.3 Å². The van der Waals surface area contributed by atoms with Crippen LogP contribution in [0.15, 0.2) is 24.3 Å². The van der Waals surface area contributed by atoms with E-state index >= 15 is 0 Å². The number of para-hydroxylation sites is 1. The third-order valence-corrected chi connectivity index (χ3v) is 2.86. The molecule has 4 nitrogen and oxygen atoms in total. The molecule has 0 fully saturated rings. The molecule has 0 saturated heterocycles. The van der Waals surface area contributed by atoms with E-state index in [1.807, 2.05) is 18.2 Å². The van der Waals surface area contributed by atoms with Crippen LogP contribution >= 0.6 is 0 Å². The number of aryl methyl sites for hydroxylation is 1. The Balaban J connectivity index is 2.47. The minimum absolute atomic E-state index is 0.575. The summed E-state index contributed by atoms with van der Waals surface area (Å²) >= 11 is 0. The number of nitrogens with zero attached hydrogens (tertiary/aromatic N) is 2. The Morgan fingerprint density at radius 1 is 1.38 bits per heavy atom. The molecule has 0 amide bonds. The first kappa shape index (κ1) is 9.15. The zero-order valence-electron chi connectivity index (χ0n) is 8.99. The summed E-state index contributed by atoms with van der Waals surface area (Å²) in [6.07, 6.45) is 0.968. The van der Waals surface area contributed by atoms with Crippen LogP contribution in [0.5, 0.6) is 0 Å². The number of rotatable bonds is 1. The fourth-order valence-corrected chi connectivity index (χ4v) is 1.99. The molecule has 16 heavy (non-hydrogen) atoms. The molecule has 1 aromatic carbocycles. The van der Waals surface area contributed by atoms with Crippen molar-refractivity contribution in [3.8, 4) is 0 Å². The average Bonchev–Trinajstić information content (AvgIpc) is 2.67. The van der Waals surface area contributed by atoms with Gasteiger partial charge in [0, 0.05) is 5.39 Å². The second kappa shape index (κ2) is 3.20. The fourth-order valence-electron chi connectivity index (χ4n) is 1.99. The summed E-state index contributed by atoms with van der Waals surface area (Å²) in [6.45, 7) is 2.12. The number of aromatic nitrogens is 3. The van der Waals surface area contributed by atoms with Crippen molar-refractivity contribution in [2.24, 2.45) is 0 Å². The van der Waals surface area contributed by atoms with Gasteiger partial charge in [-0.2, -0.15) is 5.10 Å². The second-order valence-corrected chi connectivity index (χ2v) is 3.84. The molecule has 0 unspecified atom stereocenters. The Bertz CT molecular complexity index is 669. The summed E-state index contributed by atoms with van der Waals surface area (Å²) < 4.78 is 0. The monoisotopic (exact) mass is 212 g/mol. The van der Waals surface area contributed by atoms with Crippen molar-refractivity contribution in [1.29, 1.82) is 0 Å². The molecule has 0 bridgehead atoms. The lowest BCUT2D eigenvalue weighted by Gasteiger charge is -2.02. The van der Waals surface area contributed by atoms with Crippen molar-refractivity contribution in [1.82, 2.24) is 15.2 Å². The molecule has 3 rings (SSSR count). The van der Waals surface area contributed by atoms with Gasteiger partial charge >= 0.3 is 0 Å². The lowest BCUT2D eigenvalue weighted by Crippen LogP contribution is -1.88. The number of aromatic amines is 1. The van der Waals surface area contributed by atoms with E-state index in [2.05, 4.69) is 28.2 Å². The maximum Gasteiger partial charge on any atom is 0.183 e. The highest BCUT2D eigenvalue weighted by Crippen LogP contribution is 2.24. The van der Waals surface area contributed by atoms with Gasteiger partial charge in [0.1, 0.15) is 5.82 Å². The maximum atomic E-state index is 5.78. The predicted molar refractivity (Wildman–Crippen MR) is 65.2 cm³/mol. The summed E-state index contributed by atoms with van der Waals surface area (Å²) in [6, 6.07) is 8.23. The number of pyridine rings is 1. The van der Waals surface area contributed by atoms with E-state index in [9.17, 15) is 0 Å². The number of hydrogen-bond acceptors (Lipinski definition) is 3. The van der Waals surface area contributed by atoms with E-state index in [0.29, 0.717) is 11.5 Å². The van der Waals surface area contributed by atoms with Gasteiger partial charge in [-0.1, -0.05) is 25.1 Å². The molecule has 0 spiro atoms. The SMILES string of the molecule is CCc1cccc2cc3c(N)[nH]nc3nc12. The van der Waals surface area contributed by atoms with E-state index in [1.165, 1.54) is 5.56 Å². The zero-order chi connectivity index (χ0) is 11.1. The summed E-state index contributed by atoms with van der Waals surface area (Å²) in [4.78, 5) is 4.55. The number of nitrogen functional groups attached to an aromatic ring is 1. The van der Waals surface area contributed by atoms with E-state index in [-0.39, 0.29) is 0 Å². The first-order chi connectivity index (χ1) is 7.79. The molecule has 0 aliphatic heterocycles. The molecular formula is C12H12N4. The summed E-state index contributed by atoms with van der Waals surface area (Å²) in [5, 5.41) is 8.84.